The zero-order valence-electron chi connectivity index (χ0n) is 10.6. The van der Waals surface area contributed by atoms with Gasteiger partial charge in [0.1, 0.15) is 0 Å². The van der Waals surface area contributed by atoms with Crippen molar-refractivity contribution in [2.45, 2.75) is 0 Å². The van der Waals surface area contributed by atoms with Gasteiger partial charge in [0.25, 0.3) is 0 Å². The third kappa shape index (κ3) is 2.29. The van der Waals surface area contributed by atoms with E-state index in [0.29, 0.717) is 0 Å². The predicted octanol–water partition coefficient (Wildman–Crippen LogP) is 2.08. The van der Waals surface area contributed by atoms with E-state index in [1.54, 1.807) is 18.5 Å². The normalized spacial score (nSPS) is 10.4. The Morgan fingerprint density at radius 3 is 2.50 bits per heavy atom. The number of nitrogens with zero attached hydrogens (tertiary/aromatic N) is 2. The average Bonchev–Trinajstić information content (AvgIpc) is 2.49. The molecule has 1 aromatic carbocycles. The summed E-state index contributed by atoms with van der Waals surface area (Å²) in [6, 6.07) is 12.9. The molecule has 0 saturated heterocycles. The zero-order valence-corrected chi connectivity index (χ0v) is 10.6. The van der Waals surface area contributed by atoms with Gasteiger partial charge in [-0.2, -0.15) is 0 Å². The molecule has 0 bridgehead atoms. The maximum Gasteiger partial charge on any atom is 0.247 e. The lowest BCUT2D eigenvalue weighted by Gasteiger charge is -2.09. The number of nitrogens with two attached hydrogens (primary N) is 1. The third-order valence-corrected chi connectivity index (χ3v) is 2.95. The highest BCUT2D eigenvalue weighted by molar-refractivity contribution is 5.80. The van der Waals surface area contributed by atoms with Crippen LogP contribution in [0.25, 0.3) is 22.4 Å². The molecule has 3 N–H and O–H groups in total. The third-order valence-electron chi connectivity index (χ3n) is 2.95. The number of hydrogen-bond acceptors (Lipinski definition) is 4. The first-order valence-electron chi connectivity index (χ1n) is 6.11. The van der Waals surface area contributed by atoms with Crippen LogP contribution >= 0.6 is 0 Å². The Balaban J connectivity index is 2.21. The van der Waals surface area contributed by atoms with Gasteiger partial charge in [0.2, 0.25) is 11.5 Å². The number of aromatic nitrogens is 3. The van der Waals surface area contributed by atoms with Crippen LogP contribution in [0.2, 0.25) is 0 Å². The fourth-order valence-corrected chi connectivity index (χ4v) is 2.00. The minimum Gasteiger partial charge on any atom is -0.368 e. The second kappa shape index (κ2) is 4.97. The van der Waals surface area contributed by atoms with Gasteiger partial charge >= 0.3 is 0 Å². The van der Waals surface area contributed by atoms with E-state index in [4.69, 9.17) is 5.73 Å². The molecular formula is C15H12N4O. The predicted molar refractivity (Wildman–Crippen MR) is 77.9 cm³/mol. The van der Waals surface area contributed by atoms with E-state index in [-0.39, 0.29) is 11.5 Å². The van der Waals surface area contributed by atoms with Gasteiger partial charge in [0.05, 0.1) is 5.69 Å². The molecule has 0 unspecified atom stereocenters. The lowest BCUT2D eigenvalue weighted by atomic mass is 10.0. The maximum atomic E-state index is 11.2. The zero-order chi connectivity index (χ0) is 13.9. The molecule has 2 heterocycles. The van der Waals surface area contributed by atoms with Crippen LogP contribution in [-0.2, 0) is 0 Å². The number of aromatic amines is 1. The summed E-state index contributed by atoms with van der Waals surface area (Å²) in [5, 5.41) is 0. The van der Waals surface area contributed by atoms with Crippen molar-refractivity contribution in [3.63, 3.8) is 0 Å². The summed E-state index contributed by atoms with van der Waals surface area (Å²) in [5.41, 5.74) is 8.89. The van der Waals surface area contributed by atoms with Gasteiger partial charge in [-0.1, -0.05) is 30.3 Å². The summed E-state index contributed by atoms with van der Waals surface area (Å²) in [5.74, 6) is 0.219. The minimum absolute atomic E-state index is 0.147. The molecule has 0 aliphatic heterocycles. The van der Waals surface area contributed by atoms with E-state index in [1.807, 2.05) is 30.3 Å². The molecule has 0 saturated carbocycles. The van der Waals surface area contributed by atoms with Crippen LogP contribution in [0, 0.1) is 0 Å². The Kier molecular flexibility index (Phi) is 3.01. The molecule has 2 aromatic heterocycles. The first-order chi connectivity index (χ1) is 9.74. The van der Waals surface area contributed by atoms with Crippen LogP contribution in [0.3, 0.4) is 0 Å². The summed E-state index contributed by atoms with van der Waals surface area (Å²) in [7, 11) is 0. The van der Waals surface area contributed by atoms with Gasteiger partial charge in [-0.05, 0) is 6.07 Å². The molecule has 0 spiro atoms. The number of pyridine rings is 1. The number of nitrogen functional groups attached to an aromatic ring is 1. The van der Waals surface area contributed by atoms with Crippen molar-refractivity contribution < 1.29 is 0 Å². The molecule has 0 atom stereocenters. The number of H-pyrrole nitrogens is 1. The molecule has 20 heavy (non-hydrogen) atoms. The molecule has 0 aliphatic carbocycles. The second-order valence-electron chi connectivity index (χ2n) is 4.30. The maximum absolute atomic E-state index is 11.2. The van der Waals surface area contributed by atoms with Crippen molar-refractivity contribution in [1.82, 2.24) is 15.0 Å². The number of rotatable bonds is 2. The summed E-state index contributed by atoms with van der Waals surface area (Å²) in [4.78, 5) is 22.2. The molecule has 3 rings (SSSR count). The highest BCUT2D eigenvalue weighted by Crippen LogP contribution is 2.29. The molecule has 0 amide bonds. The van der Waals surface area contributed by atoms with Crippen molar-refractivity contribution in [3.8, 4) is 22.4 Å². The molecule has 5 nitrogen and oxygen atoms in total. The van der Waals surface area contributed by atoms with E-state index in [2.05, 4.69) is 15.0 Å². The molecule has 0 fully saturated rings. The highest BCUT2D eigenvalue weighted by Gasteiger charge is 2.10. The summed E-state index contributed by atoms with van der Waals surface area (Å²) >= 11 is 0. The quantitative estimate of drug-likeness (QED) is 0.742. The van der Waals surface area contributed by atoms with E-state index in [1.165, 1.54) is 6.07 Å². The van der Waals surface area contributed by atoms with Crippen LogP contribution in [0.4, 0.5) is 5.95 Å². The first-order valence-corrected chi connectivity index (χ1v) is 6.11. The van der Waals surface area contributed by atoms with Crippen molar-refractivity contribution in [1.29, 1.82) is 0 Å². The summed E-state index contributed by atoms with van der Waals surface area (Å²) < 4.78 is 0. The van der Waals surface area contributed by atoms with Gasteiger partial charge in [-0.3, -0.25) is 4.79 Å². The van der Waals surface area contributed by atoms with Crippen LogP contribution < -0.4 is 11.3 Å². The van der Waals surface area contributed by atoms with E-state index in [9.17, 15) is 4.79 Å². The second-order valence-corrected chi connectivity index (χ2v) is 4.30. The van der Waals surface area contributed by atoms with Crippen molar-refractivity contribution in [2.75, 3.05) is 5.73 Å². The highest BCUT2D eigenvalue weighted by atomic mass is 16.1. The largest absolute Gasteiger partial charge is 0.368 e. The Morgan fingerprint density at radius 2 is 1.80 bits per heavy atom. The minimum atomic E-state index is -0.147. The Morgan fingerprint density at radius 1 is 1.00 bits per heavy atom. The van der Waals surface area contributed by atoms with Gasteiger partial charge in [0.15, 0.2) is 0 Å². The number of nitrogens with one attached hydrogen (secondary N) is 1. The Hall–Kier alpha value is -2.95. The van der Waals surface area contributed by atoms with Crippen molar-refractivity contribution in [2.24, 2.45) is 0 Å². The lowest BCUT2D eigenvalue weighted by Crippen LogP contribution is -2.03. The molecular weight excluding hydrogens is 252 g/mol. The van der Waals surface area contributed by atoms with Gasteiger partial charge in [-0.25, -0.2) is 9.97 Å². The fourth-order valence-electron chi connectivity index (χ4n) is 2.00. The summed E-state index contributed by atoms with van der Waals surface area (Å²) in [6.45, 7) is 0. The number of hydrogen-bond donors (Lipinski definition) is 2. The van der Waals surface area contributed by atoms with Gasteiger partial charge in [-0.15, -0.1) is 0 Å². The van der Waals surface area contributed by atoms with Gasteiger partial charge < -0.3 is 10.7 Å². The van der Waals surface area contributed by atoms with Gasteiger partial charge in [0, 0.05) is 35.2 Å². The summed E-state index contributed by atoms with van der Waals surface area (Å²) in [6.07, 6.45) is 3.31. The molecule has 98 valence electrons. The van der Waals surface area contributed by atoms with Crippen LogP contribution in [0.15, 0.2) is 59.7 Å². The van der Waals surface area contributed by atoms with Crippen LogP contribution in [0.5, 0.6) is 0 Å². The Bertz CT molecular complexity index is 776. The smallest absolute Gasteiger partial charge is 0.247 e. The molecule has 0 radical (unpaired) electrons. The standard InChI is InChI=1S/C15H12N4O/c16-15-18-9-12(11-6-7-13(20)17-8-11)14(19-15)10-4-2-1-3-5-10/h1-9H,(H,17,20)(H2,16,18,19). The number of anilines is 1. The van der Waals surface area contributed by atoms with E-state index >= 15 is 0 Å². The monoisotopic (exact) mass is 264 g/mol. The molecule has 5 heteroatoms. The van der Waals surface area contributed by atoms with Crippen LogP contribution in [0.1, 0.15) is 0 Å². The molecule has 3 aromatic rings. The lowest BCUT2D eigenvalue weighted by molar-refractivity contribution is 1.18. The average molecular weight is 264 g/mol. The van der Waals surface area contributed by atoms with Crippen LogP contribution in [-0.4, -0.2) is 15.0 Å². The fraction of sp³-hybridized carbons (Fsp3) is 0. The van der Waals surface area contributed by atoms with Crippen molar-refractivity contribution in [3.05, 3.63) is 65.2 Å². The number of benzene rings is 1. The van der Waals surface area contributed by atoms with E-state index < -0.39 is 0 Å². The van der Waals surface area contributed by atoms with Crippen molar-refractivity contribution >= 4 is 5.95 Å². The SMILES string of the molecule is Nc1ncc(-c2ccc(=O)[nH]c2)c(-c2ccccc2)n1. The Labute approximate surface area is 115 Å². The van der Waals surface area contributed by atoms with E-state index in [0.717, 1.165) is 22.4 Å². The molecule has 0 aliphatic rings. The first kappa shape index (κ1) is 12.1. The topological polar surface area (TPSA) is 84.7 Å².